The van der Waals surface area contributed by atoms with E-state index >= 15 is 0 Å². The number of hydrogen-bond donors (Lipinski definition) is 2. The summed E-state index contributed by atoms with van der Waals surface area (Å²) in [6.45, 7) is 3.78. The SMILES string of the molecule is CC(C)NC(=O)C1CC1C(=O)Nc1c(Cl)cccc1Cl. The molecule has 1 fully saturated rings. The van der Waals surface area contributed by atoms with Crippen molar-refractivity contribution in [3.8, 4) is 0 Å². The fraction of sp³-hybridized carbons (Fsp3) is 0.429. The molecule has 4 nitrogen and oxygen atoms in total. The molecule has 0 saturated heterocycles. The minimum absolute atomic E-state index is 0.0739. The summed E-state index contributed by atoms with van der Waals surface area (Å²) in [7, 11) is 0. The molecule has 2 atom stereocenters. The highest BCUT2D eigenvalue weighted by Crippen LogP contribution is 2.40. The van der Waals surface area contributed by atoms with Crippen LogP contribution < -0.4 is 10.6 Å². The highest BCUT2D eigenvalue weighted by atomic mass is 35.5. The van der Waals surface area contributed by atoms with Crippen molar-refractivity contribution in [2.45, 2.75) is 26.3 Å². The molecule has 0 spiro atoms. The first-order valence-corrected chi connectivity index (χ1v) is 7.21. The lowest BCUT2D eigenvalue weighted by Gasteiger charge is -2.10. The summed E-state index contributed by atoms with van der Waals surface area (Å²) in [6, 6.07) is 5.08. The van der Waals surface area contributed by atoms with Gasteiger partial charge in [0, 0.05) is 6.04 Å². The van der Waals surface area contributed by atoms with E-state index in [1.807, 2.05) is 13.8 Å². The van der Waals surface area contributed by atoms with Crippen molar-refractivity contribution in [1.82, 2.24) is 5.32 Å². The van der Waals surface area contributed by atoms with Crippen molar-refractivity contribution in [1.29, 1.82) is 0 Å². The minimum atomic E-state index is -0.305. The van der Waals surface area contributed by atoms with Gasteiger partial charge < -0.3 is 10.6 Å². The molecule has 108 valence electrons. The van der Waals surface area contributed by atoms with E-state index < -0.39 is 0 Å². The lowest BCUT2D eigenvalue weighted by molar-refractivity contribution is -0.125. The third-order valence-corrected chi connectivity index (χ3v) is 3.74. The van der Waals surface area contributed by atoms with Crippen LogP contribution in [-0.4, -0.2) is 17.9 Å². The Morgan fingerprint density at radius 1 is 1.15 bits per heavy atom. The number of para-hydroxylation sites is 1. The zero-order chi connectivity index (χ0) is 14.9. The molecule has 1 aliphatic carbocycles. The first-order valence-electron chi connectivity index (χ1n) is 6.45. The van der Waals surface area contributed by atoms with Gasteiger partial charge in [0.05, 0.1) is 27.6 Å². The Morgan fingerprint density at radius 2 is 1.70 bits per heavy atom. The van der Waals surface area contributed by atoms with Crippen LogP contribution in [0, 0.1) is 11.8 Å². The van der Waals surface area contributed by atoms with Crippen molar-refractivity contribution in [3.05, 3.63) is 28.2 Å². The van der Waals surface area contributed by atoms with Crippen LogP contribution in [0.3, 0.4) is 0 Å². The van der Waals surface area contributed by atoms with E-state index in [4.69, 9.17) is 23.2 Å². The van der Waals surface area contributed by atoms with Crippen LogP contribution in [0.15, 0.2) is 18.2 Å². The summed E-state index contributed by atoms with van der Waals surface area (Å²) in [5, 5.41) is 6.27. The van der Waals surface area contributed by atoms with E-state index in [2.05, 4.69) is 10.6 Å². The molecule has 2 amide bonds. The smallest absolute Gasteiger partial charge is 0.228 e. The normalized spacial score (nSPS) is 20.6. The molecule has 2 rings (SSSR count). The van der Waals surface area contributed by atoms with E-state index in [1.54, 1.807) is 18.2 Å². The van der Waals surface area contributed by atoms with Crippen molar-refractivity contribution in [3.63, 3.8) is 0 Å². The number of anilines is 1. The Bertz CT molecular complexity index is 526. The average Bonchev–Trinajstić information content (AvgIpc) is 3.13. The molecule has 20 heavy (non-hydrogen) atoms. The highest BCUT2D eigenvalue weighted by molar-refractivity contribution is 6.39. The maximum absolute atomic E-state index is 12.1. The Kier molecular flexibility index (Phi) is 4.55. The minimum Gasteiger partial charge on any atom is -0.354 e. The number of amides is 2. The summed E-state index contributed by atoms with van der Waals surface area (Å²) < 4.78 is 0. The number of hydrogen-bond acceptors (Lipinski definition) is 2. The fourth-order valence-corrected chi connectivity index (χ4v) is 2.49. The number of carbonyl (C=O) groups excluding carboxylic acids is 2. The van der Waals surface area contributed by atoms with Crippen LogP contribution in [-0.2, 0) is 9.59 Å². The Morgan fingerprint density at radius 3 is 2.25 bits per heavy atom. The lowest BCUT2D eigenvalue weighted by Crippen LogP contribution is -2.32. The summed E-state index contributed by atoms with van der Waals surface area (Å²) in [6.07, 6.45) is 0.562. The molecule has 1 saturated carbocycles. The molecule has 2 N–H and O–H groups in total. The second kappa shape index (κ2) is 6.02. The standard InChI is InChI=1S/C14H16Cl2N2O2/c1-7(2)17-13(19)8-6-9(8)14(20)18-12-10(15)4-3-5-11(12)16/h3-5,7-9H,6H2,1-2H3,(H,17,19)(H,18,20). The van der Waals surface area contributed by atoms with Crippen LogP contribution in [0.1, 0.15) is 20.3 Å². The Hall–Kier alpha value is -1.26. The van der Waals surface area contributed by atoms with Gasteiger partial charge in [0.25, 0.3) is 0 Å². The van der Waals surface area contributed by atoms with Crippen molar-refractivity contribution >= 4 is 40.7 Å². The molecule has 0 aliphatic heterocycles. The molecule has 0 aromatic heterocycles. The van der Waals surface area contributed by atoms with Gasteiger partial charge in [-0.2, -0.15) is 0 Å². The maximum atomic E-state index is 12.1. The zero-order valence-electron chi connectivity index (χ0n) is 11.2. The van der Waals surface area contributed by atoms with E-state index in [0.717, 1.165) is 0 Å². The third kappa shape index (κ3) is 3.44. The summed E-state index contributed by atoms with van der Waals surface area (Å²) >= 11 is 12.0. The van der Waals surface area contributed by atoms with Crippen LogP contribution >= 0.6 is 23.2 Å². The first-order chi connectivity index (χ1) is 9.40. The van der Waals surface area contributed by atoms with Gasteiger partial charge in [0.2, 0.25) is 11.8 Å². The van der Waals surface area contributed by atoms with Gasteiger partial charge in [-0.05, 0) is 32.4 Å². The van der Waals surface area contributed by atoms with Crippen LogP contribution in [0.25, 0.3) is 0 Å². The topological polar surface area (TPSA) is 58.2 Å². The molecular weight excluding hydrogens is 299 g/mol. The number of benzene rings is 1. The second-order valence-corrected chi connectivity index (χ2v) is 6.01. The number of rotatable bonds is 4. The predicted octanol–water partition coefficient (Wildman–Crippen LogP) is 3.09. The average molecular weight is 315 g/mol. The highest BCUT2D eigenvalue weighted by Gasteiger charge is 2.48. The summed E-state index contributed by atoms with van der Waals surface area (Å²) in [5.41, 5.74) is 0.399. The molecular formula is C14H16Cl2N2O2. The molecule has 2 unspecified atom stereocenters. The number of carbonyl (C=O) groups is 2. The molecule has 1 aliphatic rings. The van der Waals surface area contributed by atoms with Crippen LogP contribution in [0.2, 0.25) is 10.0 Å². The van der Waals surface area contributed by atoms with Gasteiger partial charge in [-0.25, -0.2) is 0 Å². The number of halogens is 2. The Labute approximate surface area is 127 Å². The van der Waals surface area contributed by atoms with E-state index in [1.165, 1.54) is 0 Å². The third-order valence-electron chi connectivity index (χ3n) is 3.11. The van der Waals surface area contributed by atoms with Gasteiger partial charge in [0.15, 0.2) is 0 Å². The second-order valence-electron chi connectivity index (χ2n) is 5.20. The summed E-state index contributed by atoms with van der Waals surface area (Å²) in [4.78, 5) is 23.8. The summed E-state index contributed by atoms with van der Waals surface area (Å²) in [5.74, 6) is -0.853. The van der Waals surface area contributed by atoms with Gasteiger partial charge >= 0.3 is 0 Å². The molecule has 0 radical (unpaired) electrons. The molecule has 1 aromatic rings. The molecule has 0 heterocycles. The molecule has 6 heteroatoms. The van der Waals surface area contributed by atoms with E-state index in [0.29, 0.717) is 22.2 Å². The van der Waals surface area contributed by atoms with Gasteiger partial charge in [0.1, 0.15) is 0 Å². The van der Waals surface area contributed by atoms with Crippen LogP contribution in [0.5, 0.6) is 0 Å². The van der Waals surface area contributed by atoms with Crippen molar-refractivity contribution in [2.75, 3.05) is 5.32 Å². The largest absolute Gasteiger partial charge is 0.354 e. The zero-order valence-corrected chi connectivity index (χ0v) is 12.8. The quantitative estimate of drug-likeness (QED) is 0.897. The van der Waals surface area contributed by atoms with Gasteiger partial charge in [-0.3, -0.25) is 9.59 Å². The first kappa shape index (κ1) is 15.1. The van der Waals surface area contributed by atoms with Crippen molar-refractivity contribution < 1.29 is 9.59 Å². The van der Waals surface area contributed by atoms with Gasteiger partial charge in [-0.1, -0.05) is 29.3 Å². The molecule has 1 aromatic carbocycles. The van der Waals surface area contributed by atoms with Crippen molar-refractivity contribution in [2.24, 2.45) is 11.8 Å². The predicted molar refractivity (Wildman–Crippen MR) is 80.0 cm³/mol. The van der Waals surface area contributed by atoms with Gasteiger partial charge in [-0.15, -0.1) is 0 Å². The van der Waals surface area contributed by atoms with E-state index in [9.17, 15) is 9.59 Å². The van der Waals surface area contributed by atoms with E-state index in [-0.39, 0.29) is 29.7 Å². The number of nitrogens with one attached hydrogen (secondary N) is 2. The monoisotopic (exact) mass is 314 g/mol. The Balaban J connectivity index is 1.96. The van der Waals surface area contributed by atoms with Crippen LogP contribution in [0.4, 0.5) is 5.69 Å². The lowest BCUT2D eigenvalue weighted by atomic mass is 10.2. The maximum Gasteiger partial charge on any atom is 0.228 e. The molecule has 0 bridgehead atoms. The fourth-order valence-electron chi connectivity index (χ4n) is 2.00.